The van der Waals surface area contributed by atoms with Crippen molar-refractivity contribution >= 4 is 5.97 Å². The van der Waals surface area contributed by atoms with E-state index in [-0.39, 0.29) is 5.69 Å². The summed E-state index contributed by atoms with van der Waals surface area (Å²) in [6.07, 6.45) is 1.29. The minimum atomic E-state index is -1.04. The smallest absolute Gasteiger partial charge is 0.353 e. The monoisotopic (exact) mass is 280 g/mol. The van der Waals surface area contributed by atoms with E-state index in [4.69, 9.17) is 9.84 Å². The molecule has 0 saturated heterocycles. The molecule has 1 heterocycles. The second kappa shape index (κ2) is 5.50. The second-order valence-electron chi connectivity index (χ2n) is 4.39. The number of nitrogens with one attached hydrogen (secondary N) is 1. The summed E-state index contributed by atoms with van der Waals surface area (Å²) in [6.45, 7) is 0. The van der Waals surface area contributed by atoms with Gasteiger partial charge in [0, 0.05) is 5.56 Å². The lowest BCUT2D eigenvalue weighted by Crippen LogP contribution is -1.95. The maximum atomic E-state index is 10.9. The Balaban J connectivity index is 1.87. The Morgan fingerprint density at radius 1 is 1.05 bits per heavy atom. The van der Waals surface area contributed by atoms with Crippen molar-refractivity contribution in [3.63, 3.8) is 0 Å². The van der Waals surface area contributed by atoms with Crippen molar-refractivity contribution in [2.75, 3.05) is 0 Å². The number of aromatic amines is 1. The van der Waals surface area contributed by atoms with Crippen LogP contribution in [0.15, 0.2) is 60.8 Å². The van der Waals surface area contributed by atoms with Gasteiger partial charge in [-0.05, 0) is 24.3 Å². The first-order chi connectivity index (χ1) is 10.2. The van der Waals surface area contributed by atoms with E-state index < -0.39 is 5.97 Å². The Morgan fingerprint density at radius 2 is 1.81 bits per heavy atom. The van der Waals surface area contributed by atoms with Gasteiger partial charge in [-0.2, -0.15) is 0 Å². The maximum Gasteiger partial charge on any atom is 0.353 e. The molecule has 0 unspecified atom stereocenters. The molecule has 0 radical (unpaired) electrons. The highest BCUT2D eigenvalue weighted by molar-refractivity contribution is 5.85. The van der Waals surface area contributed by atoms with Crippen LogP contribution in [0.5, 0.6) is 11.5 Å². The molecule has 5 heteroatoms. The minimum Gasteiger partial charge on any atom is -0.477 e. The zero-order chi connectivity index (χ0) is 14.7. The predicted molar refractivity (Wildman–Crippen MR) is 77.5 cm³/mol. The summed E-state index contributed by atoms with van der Waals surface area (Å²) in [4.78, 5) is 17.7. The highest BCUT2D eigenvalue weighted by Gasteiger charge is 2.09. The molecule has 3 rings (SSSR count). The standard InChI is InChI=1S/C16H12N2O3/c19-16(20)14-10-17-15(18-14)11-5-4-8-13(9-11)21-12-6-2-1-3-7-12/h1-10H,(H,17,18)(H,19,20). The van der Waals surface area contributed by atoms with Gasteiger partial charge in [0.1, 0.15) is 23.0 Å². The molecule has 0 atom stereocenters. The zero-order valence-electron chi connectivity index (χ0n) is 11.0. The van der Waals surface area contributed by atoms with Crippen LogP contribution in [0, 0.1) is 0 Å². The van der Waals surface area contributed by atoms with Crippen molar-refractivity contribution in [1.82, 2.24) is 9.97 Å². The number of benzene rings is 2. The molecule has 0 amide bonds. The van der Waals surface area contributed by atoms with Gasteiger partial charge in [-0.25, -0.2) is 9.78 Å². The molecule has 104 valence electrons. The highest BCUT2D eigenvalue weighted by atomic mass is 16.5. The molecule has 3 aromatic rings. The van der Waals surface area contributed by atoms with E-state index >= 15 is 0 Å². The van der Waals surface area contributed by atoms with E-state index in [0.29, 0.717) is 11.6 Å². The van der Waals surface area contributed by atoms with Crippen molar-refractivity contribution in [2.45, 2.75) is 0 Å². The lowest BCUT2D eigenvalue weighted by atomic mass is 10.2. The van der Waals surface area contributed by atoms with Gasteiger partial charge < -0.3 is 14.8 Å². The van der Waals surface area contributed by atoms with Crippen molar-refractivity contribution in [1.29, 1.82) is 0 Å². The fourth-order valence-electron chi connectivity index (χ4n) is 1.91. The second-order valence-corrected chi connectivity index (χ2v) is 4.39. The minimum absolute atomic E-state index is 0.0550. The fourth-order valence-corrected chi connectivity index (χ4v) is 1.91. The van der Waals surface area contributed by atoms with E-state index in [1.807, 2.05) is 48.5 Å². The quantitative estimate of drug-likeness (QED) is 0.766. The van der Waals surface area contributed by atoms with Gasteiger partial charge in [0.15, 0.2) is 0 Å². The van der Waals surface area contributed by atoms with Crippen molar-refractivity contribution in [2.24, 2.45) is 0 Å². The number of H-pyrrole nitrogens is 1. The largest absolute Gasteiger partial charge is 0.477 e. The number of carbonyl (C=O) groups is 1. The van der Waals surface area contributed by atoms with E-state index in [0.717, 1.165) is 11.3 Å². The zero-order valence-corrected chi connectivity index (χ0v) is 11.0. The average Bonchev–Trinajstić information content (AvgIpc) is 2.99. The lowest BCUT2D eigenvalue weighted by Gasteiger charge is -2.06. The third-order valence-corrected chi connectivity index (χ3v) is 2.89. The molecule has 2 aromatic carbocycles. The molecule has 0 aliphatic heterocycles. The maximum absolute atomic E-state index is 10.9. The molecule has 0 saturated carbocycles. The third-order valence-electron chi connectivity index (χ3n) is 2.89. The van der Waals surface area contributed by atoms with Crippen molar-refractivity contribution in [3.05, 3.63) is 66.5 Å². The number of aromatic nitrogens is 2. The van der Waals surface area contributed by atoms with Crippen LogP contribution in [0.1, 0.15) is 10.5 Å². The van der Waals surface area contributed by atoms with Crippen LogP contribution in [0.4, 0.5) is 0 Å². The number of aromatic carboxylic acids is 1. The predicted octanol–water partition coefficient (Wildman–Crippen LogP) is 3.57. The molecule has 2 N–H and O–H groups in total. The van der Waals surface area contributed by atoms with Gasteiger partial charge >= 0.3 is 5.97 Å². The topological polar surface area (TPSA) is 75.2 Å². The Hall–Kier alpha value is -3.08. The van der Waals surface area contributed by atoms with Crippen LogP contribution in [0.2, 0.25) is 0 Å². The van der Waals surface area contributed by atoms with Crippen LogP contribution in [-0.4, -0.2) is 21.0 Å². The summed E-state index contributed by atoms with van der Waals surface area (Å²) in [7, 11) is 0. The molecule has 0 aliphatic rings. The molecule has 1 aromatic heterocycles. The first-order valence-corrected chi connectivity index (χ1v) is 6.34. The molecule has 0 aliphatic carbocycles. The molecule has 0 spiro atoms. The Labute approximate surface area is 120 Å². The van der Waals surface area contributed by atoms with Crippen LogP contribution in [0.25, 0.3) is 11.4 Å². The summed E-state index contributed by atoms with van der Waals surface area (Å²) in [5, 5.41) is 8.90. The number of hydrogen-bond acceptors (Lipinski definition) is 3. The summed E-state index contributed by atoms with van der Waals surface area (Å²) >= 11 is 0. The van der Waals surface area contributed by atoms with Crippen molar-refractivity contribution in [3.8, 4) is 22.9 Å². The molecular formula is C16H12N2O3. The third kappa shape index (κ3) is 2.92. The van der Waals surface area contributed by atoms with Crippen LogP contribution >= 0.6 is 0 Å². The lowest BCUT2D eigenvalue weighted by molar-refractivity contribution is 0.0691. The Bertz CT molecular complexity index is 766. The fraction of sp³-hybridized carbons (Fsp3) is 0. The molecule has 21 heavy (non-hydrogen) atoms. The van der Waals surface area contributed by atoms with Crippen LogP contribution < -0.4 is 4.74 Å². The van der Waals surface area contributed by atoms with Gasteiger partial charge in [-0.15, -0.1) is 0 Å². The number of imidazole rings is 1. The van der Waals surface area contributed by atoms with Gasteiger partial charge in [-0.1, -0.05) is 30.3 Å². The number of nitrogens with zero attached hydrogens (tertiary/aromatic N) is 1. The van der Waals surface area contributed by atoms with Gasteiger partial charge in [0.25, 0.3) is 0 Å². The van der Waals surface area contributed by atoms with Gasteiger partial charge in [-0.3, -0.25) is 0 Å². The summed E-state index contributed by atoms with van der Waals surface area (Å²) in [6, 6.07) is 16.7. The van der Waals surface area contributed by atoms with Gasteiger partial charge in [0.05, 0.1) is 6.20 Å². The summed E-state index contributed by atoms with van der Waals surface area (Å²) in [5.41, 5.74) is 0.815. The number of hydrogen-bond donors (Lipinski definition) is 2. The van der Waals surface area contributed by atoms with E-state index in [9.17, 15) is 4.79 Å². The number of ether oxygens (including phenoxy) is 1. The first kappa shape index (κ1) is 12.9. The number of carboxylic acid groups (broad SMARTS) is 1. The van der Waals surface area contributed by atoms with E-state index in [2.05, 4.69) is 9.97 Å². The molecule has 5 nitrogen and oxygen atoms in total. The van der Waals surface area contributed by atoms with E-state index in [1.54, 1.807) is 6.07 Å². The summed E-state index contributed by atoms with van der Waals surface area (Å²) < 4.78 is 5.74. The van der Waals surface area contributed by atoms with Crippen LogP contribution in [0.3, 0.4) is 0 Å². The van der Waals surface area contributed by atoms with Gasteiger partial charge in [0.2, 0.25) is 0 Å². The normalized spacial score (nSPS) is 10.3. The van der Waals surface area contributed by atoms with Crippen LogP contribution in [-0.2, 0) is 0 Å². The van der Waals surface area contributed by atoms with Crippen molar-refractivity contribution < 1.29 is 14.6 Å². The highest BCUT2D eigenvalue weighted by Crippen LogP contribution is 2.25. The molecular weight excluding hydrogens is 268 g/mol. The Kier molecular flexibility index (Phi) is 3.39. The summed E-state index contributed by atoms with van der Waals surface area (Å²) in [5.74, 6) is 0.851. The first-order valence-electron chi connectivity index (χ1n) is 6.34. The SMILES string of the molecule is O=C(O)c1cnc(-c2cccc(Oc3ccccc3)c2)[nH]1. The molecule has 0 fully saturated rings. The number of carboxylic acids is 1. The number of para-hydroxylation sites is 1. The number of rotatable bonds is 4. The molecule has 0 bridgehead atoms. The average molecular weight is 280 g/mol. The van der Waals surface area contributed by atoms with E-state index in [1.165, 1.54) is 6.20 Å². The Morgan fingerprint density at radius 3 is 2.52 bits per heavy atom.